The number of rotatable bonds is 1. The van der Waals surface area contributed by atoms with Crippen LogP contribution >= 0.6 is 0 Å². The molecule has 0 spiro atoms. The first-order valence-electron chi connectivity index (χ1n) is 4.85. The Morgan fingerprint density at radius 3 is 2.87 bits per heavy atom. The van der Waals surface area contributed by atoms with Crippen molar-refractivity contribution in [1.82, 2.24) is 0 Å². The van der Waals surface area contributed by atoms with Crippen molar-refractivity contribution in [3.8, 4) is 5.75 Å². The summed E-state index contributed by atoms with van der Waals surface area (Å²) in [6, 6.07) is 5.53. The standard InChI is InChI=1S/C11H14N2O2/c1-7-11(14)12-9-6-8(15-3)4-5-10(9)13(7)2/h4-7H,1-3H3,(H,12,14). The maximum Gasteiger partial charge on any atom is 0.246 e. The molecule has 80 valence electrons. The van der Waals surface area contributed by atoms with Gasteiger partial charge >= 0.3 is 0 Å². The molecule has 2 rings (SSSR count). The fraction of sp³-hybridized carbons (Fsp3) is 0.364. The highest BCUT2D eigenvalue weighted by Crippen LogP contribution is 2.33. The summed E-state index contributed by atoms with van der Waals surface area (Å²) in [7, 11) is 3.52. The molecule has 1 heterocycles. The van der Waals surface area contributed by atoms with Crippen molar-refractivity contribution < 1.29 is 9.53 Å². The van der Waals surface area contributed by atoms with E-state index in [9.17, 15) is 4.79 Å². The summed E-state index contributed by atoms with van der Waals surface area (Å²) in [5.41, 5.74) is 1.82. The first kappa shape index (κ1) is 9.83. The number of methoxy groups -OCH3 is 1. The van der Waals surface area contributed by atoms with Crippen molar-refractivity contribution in [2.24, 2.45) is 0 Å². The molecule has 1 amide bonds. The van der Waals surface area contributed by atoms with E-state index in [0.717, 1.165) is 17.1 Å². The summed E-state index contributed by atoms with van der Waals surface area (Å²) in [6.45, 7) is 1.88. The van der Waals surface area contributed by atoms with Crippen LogP contribution < -0.4 is 15.0 Å². The molecular weight excluding hydrogens is 192 g/mol. The van der Waals surface area contributed by atoms with Gasteiger partial charge in [0, 0.05) is 13.1 Å². The van der Waals surface area contributed by atoms with E-state index in [1.165, 1.54) is 0 Å². The number of carbonyl (C=O) groups excluding carboxylic acids is 1. The predicted octanol–water partition coefficient (Wildman–Crippen LogP) is 1.47. The van der Waals surface area contributed by atoms with E-state index in [4.69, 9.17) is 4.74 Å². The Hall–Kier alpha value is -1.71. The molecule has 0 aromatic heterocycles. The SMILES string of the molecule is COc1ccc2c(c1)NC(=O)C(C)N2C. The molecule has 15 heavy (non-hydrogen) atoms. The van der Waals surface area contributed by atoms with Gasteiger partial charge in [-0.15, -0.1) is 0 Å². The first-order valence-corrected chi connectivity index (χ1v) is 4.85. The fourth-order valence-electron chi connectivity index (χ4n) is 1.67. The third-order valence-electron chi connectivity index (χ3n) is 2.80. The summed E-state index contributed by atoms with van der Waals surface area (Å²) in [6.07, 6.45) is 0. The second-order valence-corrected chi connectivity index (χ2v) is 3.66. The molecule has 4 heteroatoms. The van der Waals surface area contributed by atoms with Gasteiger partial charge < -0.3 is 15.0 Å². The Labute approximate surface area is 88.8 Å². The Bertz CT molecular complexity index is 404. The zero-order valence-electron chi connectivity index (χ0n) is 9.07. The molecule has 1 aromatic carbocycles. The molecule has 1 unspecified atom stereocenters. The zero-order valence-corrected chi connectivity index (χ0v) is 9.07. The number of hydrogen-bond donors (Lipinski definition) is 1. The number of amides is 1. The third-order valence-corrected chi connectivity index (χ3v) is 2.80. The predicted molar refractivity (Wildman–Crippen MR) is 59.5 cm³/mol. The Kier molecular flexibility index (Phi) is 2.26. The fourth-order valence-corrected chi connectivity index (χ4v) is 1.67. The minimum absolute atomic E-state index is 0.0123. The largest absolute Gasteiger partial charge is 0.497 e. The van der Waals surface area contributed by atoms with E-state index >= 15 is 0 Å². The van der Waals surface area contributed by atoms with Crippen LogP contribution in [-0.4, -0.2) is 26.1 Å². The molecule has 1 aromatic rings. The Morgan fingerprint density at radius 2 is 2.20 bits per heavy atom. The van der Waals surface area contributed by atoms with Crippen LogP contribution in [0.5, 0.6) is 5.75 Å². The van der Waals surface area contributed by atoms with Crippen molar-refractivity contribution in [3.05, 3.63) is 18.2 Å². The van der Waals surface area contributed by atoms with Crippen molar-refractivity contribution in [3.63, 3.8) is 0 Å². The summed E-state index contributed by atoms with van der Waals surface area (Å²) in [5.74, 6) is 0.759. The van der Waals surface area contributed by atoms with E-state index in [0.29, 0.717) is 0 Å². The lowest BCUT2D eigenvalue weighted by atomic mass is 10.1. The van der Waals surface area contributed by atoms with Gasteiger partial charge in [0.1, 0.15) is 11.8 Å². The average molecular weight is 206 g/mol. The number of benzene rings is 1. The van der Waals surface area contributed by atoms with E-state index < -0.39 is 0 Å². The summed E-state index contributed by atoms with van der Waals surface area (Å²) < 4.78 is 5.11. The normalized spacial score (nSPS) is 19.5. The highest BCUT2D eigenvalue weighted by atomic mass is 16.5. The Morgan fingerprint density at radius 1 is 1.47 bits per heavy atom. The van der Waals surface area contributed by atoms with Gasteiger partial charge in [0.15, 0.2) is 0 Å². The van der Waals surface area contributed by atoms with Gasteiger partial charge in [0.2, 0.25) is 5.91 Å². The highest BCUT2D eigenvalue weighted by Gasteiger charge is 2.26. The minimum atomic E-state index is -0.133. The quantitative estimate of drug-likeness (QED) is 0.756. The maximum absolute atomic E-state index is 11.6. The Balaban J connectivity index is 2.45. The second-order valence-electron chi connectivity index (χ2n) is 3.66. The lowest BCUT2D eigenvalue weighted by Crippen LogP contribution is -2.43. The maximum atomic E-state index is 11.6. The highest BCUT2D eigenvalue weighted by molar-refractivity contribution is 6.03. The molecule has 1 aliphatic heterocycles. The zero-order chi connectivity index (χ0) is 11.0. The van der Waals surface area contributed by atoms with Crippen molar-refractivity contribution in [2.45, 2.75) is 13.0 Å². The van der Waals surface area contributed by atoms with Gasteiger partial charge in [-0.05, 0) is 19.1 Å². The van der Waals surface area contributed by atoms with Crippen LogP contribution in [0.25, 0.3) is 0 Å². The van der Waals surface area contributed by atoms with Gasteiger partial charge in [0.25, 0.3) is 0 Å². The average Bonchev–Trinajstić information content (AvgIpc) is 2.25. The van der Waals surface area contributed by atoms with Crippen LogP contribution in [0, 0.1) is 0 Å². The van der Waals surface area contributed by atoms with E-state index in [1.807, 2.05) is 37.1 Å². The number of ether oxygens (including phenoxy) is 1. The number of likely N-dealkylation sites (N-methyl/N-ethyl adjacent to an activating group) is 1. The van der Waals surface area contributed by atoms with Crippen molar-refractivity contribution in [1.29, 1.82) is 0 Å². The minimum Gasteiger partial charge on any atom is -0.497 e. The first-order chi connectivity index (χ1) is 7.13. The molecule has 1 atom stereocenters. The molecule has 0 saturated carbocycles. The number of carbonyl (C=O) groups is 1. The lowest BCUT2D eigenvalue weighted by molar-refractivity contribution is -0.117. The monoisotopic (exact) mass is 206 g/mol. The number of anilines is 2. The van der Waals surface area contributed by atoms with Crippen LogP contribution in [0.4, 0.5) is 11.4 Å². The summed E-state index contributed by atoms with van der Waals surface area (Å²) in [4.78, 5) is 13.5. The number of nitrogens with one attached hydrogen (secondary N) is 1. The third kappa shape index (κ3) is 1.52. The molecule has 0 bridgehead atoms. The van der Waals surface area contributed by atoms with E-state index in [2.05, 4.69) is 5.32 Å². The molecule has 0 fully saturated rings. The van der Waals surface area contributed by atoms with Crippen molar-refractivity contribution in [2.75, 3.05) is 24.4 Å². The van der Waals surface area contributed by atoms with Crippen molar-refractivity contribution >= 4 is 17.3 Å². The van der Waals surface area contributed by atoms with Crippen LogP contribution in [0.1, 0.15) is 6.92 Å². The van der Waals surface area contributed by atoms with E-state index in [1.54, 1.807) is 7.11 Å². The molecule has 1 N–H and O–H groups in total. The number of fused-ring (bicyclic) bond motifs is 1. The molecule has 1 aliphatic rings. The second kappa shape index (κ2) is 3.46. The van der Waals surface area contributed by atoms with Crippen LogP contribution in [0.3, 0.4) is 0 Å². The van der Waals surface area contributed by atoms with Gasteiger partial charge in [-0.2, -0.15) is 0 Å². The van der Waals surface area contributed by atoms with Crippen LogP contribution in [-0.2, 0) is 4.79 Å². The smallest absolute Gasteiger partial charge is 0.246 e. The topological polar surface area (TPSA) is 41.6 Å². The van der Waals surface area contributed by atoms with Gasteiger partial charge in [0.05, 0.1) is 18.5 Å². The summed E-state index contributed by atoms with van der Waals surface area (Å²) in [5, 5.41) is 2.85. The molecule has 0 saturated heterocycles. The van der Waals surface area contributed by atoms with Gasteiger partial charge in [-0.3, -0.25) is 4.79 Å². The molecular formula is C11H14N2O2. The van der Waals surface area contributed by atoms with Gasteiger partial charge in [-0.25, -0.2) is 0 Å². The van der Waals surface area contributed by atoms with E-state index in [-0.39, 0.29) is 11.9 Å². The van der Waals surface area contributed by atoms with Crippen LogP contribution in [0.2, 0.25) is 0 Å². The molecule has 4 nitrogen and oxygen atoms in total. The van der Waals surface area contributed by atoms with Crippen LogP contribution in [0.15, 0.2) is 18.2 Å². The number of hydrogen-bond acceptors (Lipinski definition) is 3. The lowest BCUT2D eigenvalue weighted by Gasteiger charge is -2.33. The van der Waals surface area contributed by atoms with Gasteiger partial charge in [-0.1, -0.05) is 0 Å². The number of nitrogens with zero attached hydrogens (tertiary/aromatic N) is 1. The molecule has 0 aliphatic carbocycles. The molecule has 0 radical (unpaired) electrons. The summed E-state index contributed by atoms with van der Waals surface area (Å²) >= 11 is 0.